The molecular weight excluding hydrogens is 290 g/mol. The van der Waals surface area contributed by atoms with E-state index < -0.39 is 6.09 Å². The maximum absolute atomic E-state index is 11.3. The van der Waals surface area contributed by atoms with Gasteiger partial charge < -0.3 is 4.74 Å². The van der Waals surface area contributed by atoms with Crippen LogP contribution in [0.25, 0.3) is 22.5 Å². The van der Waals surface area contributed by atoms with Crippen LogP contribution in [0.5, 0.6) is 0 Å². The van der Waals surface area contributed by atoms with Gasteiger partial charge in [-0.25, -0.2) is 4.79 Å². The summed E-state index contributed by atoms with van der Waals surface area (Å²) in [5.41, 5.74) is 4.59. The average molecular weight is 307 g/mol. The van der Waals surface area contributed by atoms with Crippen LogP contribution >= 0.6 is 0 Å². The summed E-state index contributed by atoms with van der Waals surface area (Å²) in [7, 11) is 3.26. The van der Waals surface area contributed by atoms with Gasteiger partial charge in [0.15, 0.2) is 0 Å². The summed E-state index contributed by atoms with van der Waals surface area (Å²) in [4.78, 5) is 11.3. The SMILES string of the molecule is COC(=O)Nc1cccc(-c2cc(-c3ccccc3)n(C)n2)c1. The average Bonchev–Trinajstić information content (AvgIpc) is 2.98. The summed E-state index contributed by atoms with van der Waals surface area (Å²) in [5, 5.41) is 7.23. The fourth-order valence-electron chi connectivity index (χ4n) is 2.41. The van der Waals surface area contributed by atoms with E-state index in [2.05, 4.69) is 27.3 Å². The summed E-state index contributed by atoms with van der Waals surface area (Å²) in [6.45, 7) is 0. The van der Waals surface area contributed by atoms with Crippen LogP contribution < -0.4 is 5.32 Å². The quantitative estimate of drug-likeness (QED) is 0.797. The highest BCUT2D eigenvalue weighted by Gasteiger charge is 2.10. The van der Waals surface area contributed by atoms with Crippen molar-refractivity contribution in [3.05, 3.63) is 60.7 Å². The molecule has 5 heteroatoms. The maximum Gasteiger partial charge on any atom is 0.411 e. The second-order valence-electron chi connectivity index (χ2n) is 5.10. The topological polar surface area (TPSA) is 56.1 Å². The molecule has 0 aliphatic rings. The van der Waals surface area contributed by atoms with Crippen molar-refractivity contribution >= 4 is 11.8 Å². The first-order valence-corrected chi connectivity index (χ1v) is 7.22. The fraction of sp³-hybridized carbons (Fsp3) is 0.111. The number of benzene rings is 2. The van der Waals surface area contributed by atoms with Gasteiger partial charge in [0, 0.05) is 18.3 Å². The zero-order valence-corrected chi connectivity index (χ0v) is 13.0. The number of amides is 1. The first-order valence-electron chi connectivity index (χ1n) is 7.22. The Balaban J connectivity index is 1.94. The molecule has 0 aliphatic carbocycles. The molecule has 0 saturated heterocycles. The number of nitrogens with one attached hydrogen (secondary N) is 1. The highest BCUT2D eigenvalue weighted by atomic mass is 16.5. The minimum atomic E-state index is -0.492. The largest absolute Gasteiger partial charge is 0.453 e. The highest BCUT2D eigenvalue weighted by Crippen LogP contribution is 2.27. The van der Waals surface area contributed by atoms with Crippen LogP contribution in [0.3, 0.4) is 0 Å². The van der Waals surface area contributed by atoms with Crippen molar-refractivity contribution in [3.8, 4) is 22.5 Å². The number of carbonyl (C=O) groups is 1. The molecule has 1 N–H and O–H groups in total. The molecule has 1 heterocycles. The van der Waals surface area contributed by atoms with Crippen LogP contribution in [0.1, 0.15) is 0 Å². The number of hydrogen-bond donors (Lipinski definition) is 1. The first kappa shape index (κ1) is 14.8. The lowest BCUT2D eigenvalue weighted by Gasteiger charge is -2.04. The van der Waals surface area contributed by atoms with E-state index in [0.29, 0.717) is 5.69 Å². The van der Waals surface area contributed by atoms with Gasteiger partial charge in [-0.15, -0.1) is 0 Å². The first-order chi connectivity index (χ1) is 11.2. The summed E-state index contributed by atoms with van der Waals surface area (Å²) in [6.07, 6.45) is -0.492. The third-order valence-electron chi connectivity index (χ3n) is 3.54. The molecule has 0 unspecified atom stereocenters. The van der Waals surface area contributed by atoms with Gasteiger partial charge in [0.05, 0.1) is 18.5 Å². The van der Waals surface area contributed by atoms with Gasteiger partial charge in [-0.1, -0.05) is 42.5 Å². The number of nitrogens with zero attached hydrogens (tertiary/aromatic N) is 2. The molecule has 5 nitrogen and oxygen atoms in total. The molecule has 0 atom stereocenters. The van der Waals surface area contributed by atoms with E-state index >= 15 is 0 Å². The Morgan fingerprint density at radius 1 is 1.04 bits per heavy atom. The molecular formula is C18H17N3O2. The summed E-state index contributed by atoms with van der Waals surface area (Å²) in [6, 6.07) is 19.6. The van der Waals surface area contributed by atoms with E-state index in [1.54, 1.807) is 0 Å². The number of aryl methyl sites for hydroxylation is 1. The number of aromatic nitrogens is 2. The predicted molar refractivity (Wildman–Crippen MR) is 90.1 cm³/mol. The van der Waals surface area contributed by atoms with E-state index in [9.17, 15) is 4.79 Å². The Labute approximate surface area is 134 Å². The molecule has 23 heavy (non-hydrogen) atoms. The zero-order chi connectivity index (χ0) is 16.2. The van der Waals surface area contributed by atoms with Crippen molar-refractivity contribution < 1.29 is 9.53 Å². The van der Waals surface area contributed by atoms with E-state index in [-0.39, 0.29) is 0 Å². The van der Waals surface area contributed by atoms with Crippen LogP contribution in [-0.4, -0.2) is 23.0 Å². The minimum Gasteiger partial charge on any atom is -0.453 e. The van der Waals surface area contributed by atoms with Crippen molar-refractivity contribution in [2.45, 2.75) is 0 Å². The third kappa shape index (κ3) is 3.23. The molecule has 1 amide bonds. The smallest absolute Gasteiger partial charge is 0.411 e. The van der Waals surface area contributed by atoms with Gasteiger partial charge in [0.2, 0.25) is 0 Å². The minimum absolute atomic E-state index is 0.492. The molecule has 116 valence electrons. The van der Waals surface area contributed by atoms with E-state index in [1.807, 2.05) is 60.3 Å². The van der Waals surface area contributed by atoms with Gasteiger partial charge in [0.1, 0.15) is 0 Å². The highest BCUT2D eigenvalue weighted by molar-refractivity contribution is 5.85. The van der Waals surface area contributed by atoms with Crippen molar-refractivity contribution in [1.82, 2.24) is 9.78 Å². The number of hydrogen-bond acceptors (Lipinski definition) is 3. The number of rotatable bonds is 3. The lowest BCUT2D eigenvalue weighted by molar-refractivity contribution is 0.187. The Kier molecular flexibility index (Phi) is 4.10. The Morgan fingerprint density at radius 2 is 1.78 bits per heavy atom. The van der Waals surface area contributed by atoms with E-state index in [1.165, 1.54) is 7.11 Å². The zero-order valence-electron chi connectivity index (χ0n) is 13.0. The second kappa shape index (κ2) is 6.36. The van der Waals surface area contributed by atoms with Crippen LogP contribution in [0.2, 0.25) is 0 Å². The molecule has 0 saturated carbocycles. The Morgan fingerprint density at radius 3 is 2.52 bits per heavy atom. The van der Waals surface area contributed by atoms with Gasteiger partial charge in [-0.05, 0) is 23.8 Å². The second-order valence-corrected chi connectivity index (χ2v) is 5.10. The standard InChI is InChI=1S/C18H17N3O2/c1-21-17(13-7-4-3-5-8-13)12-16(20-21)14-9-6-10-15(11-14)19-18(22)23-2/h3-12H,1-2H3,(H,19,22). The number of ether oxygens (including phenoxy) is 1. The summed E-state index contributed by atoms with van der Waals surface area (Å²) in [5.74, 6) is 0. The number of anilines is 1. The van der Waals surface area contributed by atoms with Crippen LogP contribution in [0, 0.1) is 0 Å². The van der Waals surface area contributed by atoms with Crippen LogP contribution in [0.4, 0.5) is 10.5 Å². The molecule has 0 bridgehead atoms. The fourth-order valence-corrected chi connectivity index (χ4v) is 2.41. The molecule has 2 aromatic carbocycles. The maximum atomic E-state index is 11.3. The van der Waals surface area contributed by atoms with Crippen molar-refractivity contribution in [2.75, 3.05) is 12.4 Å². The van der Waals surface area contributed by atoms with Crippen molar-refractivity contribution in [3.63, 3.8) is 0 Å². The summed E-state index contributed by atoms with van der Waals surface area (Å²) >= 11 is 0. The van der Waals surface area contributed by atoms with Crippen LogP contribution in [0.15, 0.2) is 60.7 Å². The molecule has 0 radical (unpaired) electrons. The van der Waals surface area contributed by atoms with Crippen LogP contribution in [-0.2, 0) is 11.8 Å². The van der Waals surface area contributed by atoms with Gasteiger partial charge in [-0.2, -0.15) is 5.10 Å². The lowest BCUT2D eigenvalue weighted by atomic mass is 10.1. The summed E-state index contributed by atoms with van der Waals surface area (Å²) < 4.78 is 6.46. The number of methoxy groups -OCH3 is 1. The Bertz CT molecular complexity index is 825. The monoisotopic (exact) mass is 307 g/mol. The molecule has 0 aliphatic heterocycles. The molecule has 0 spiro atoms. The van der Waals surface area contributed by atoms with Crippen molar-refractivity contribution in [2.24, 2.45) is 7.05 Å². The Hall–Kier alpha value is -3.08. The third-order valence-corrected chi connectivity index (χ3v) is 3.54. The van der Waals surface area contributed by atoms with Gasteiger partial charge in [-0.3, -0.25) is 10.00 Å². The van der Waals surface area contributed by atoms with Gasteiger partial charge >= 0.3 is 6.09 Å². The van der Waals surface area contributed by atoms with Gasteiger partial charge in [0.25, 0.3) is 0 Å². The van der Waals surface area contributed by atoms with E-state index in [0.717, 1.165) is 22.5 Å². The van der Waals surface area contributed by atoms with Crippen molar-refractivity contribution in [1.29, 1.82) is 0 Å². The normalized spacial score (nSPS) is 10.3. The molecule has 3 aromatic rings. The lowest BCUT2D eigenvalue weighted by Crippen LogP contribution is -2.10. The predicted octanol–water partition coefficient (Wildman–Crippen LogP) is 3.93. The number of carbonyl (C=O) groups excluding carboxylic acids is 1. The van der Waals surface area contributed by atoms with E-state index in [4.69, 9.17) is 0 Å². The molecule has 0 fully saturated rings. The molecule has 3 rings (SSSR count). The molecule has 1 aromatic heterocycles.